The van der Waals surface area contributed by atoms with Crippen molar-refractivity contribution in [3.8, 4) is 0 Å². The molecule has 18 heavy (non-hydrogen) atoms. The molecule has 0 spiro atoms. The van der Waals surface area contributed by atoms with Gasteiger partial charge in [0, 0.05) is 19.1 Å². The Bertz CT molecular complexity index is 379. The molecule has 0 bridgehead atoms. The van der Waals surface area contributed by atoms with Crippen LogP contribution in [0.1, 0.15) is 38.3 Å². The molecule has 0 saturated carbocycles. The van der Waals surface area contributed by atoms with Gasteiger partial charge in [0.25, 0.3) is 0 Å². The lowest BCUT2D eigenvalue weighted by molar-refractivity contribution is -0.117. The van der Waals surface area contributed by atoms with Crippen LogP contribution >= 0.6 is 11.3 Å². The van der Waals surface area contributed by atoms with Gasteiger partial charge >= 0.3 is 0 Å². The van der Waals surface area contributed by atoms with E-state index in [4.69, 9.17) is 10.5 Å². The second-order valence-electron chi connectivity index (χ2n) is 4.46. The Morgan fingerprint density at radius 3 is 2.89 bits per heavy atom. The summed E-state index contributed by atoms with van der Waals surface area (Å²) in [6.07, 6.45) is 1.39. The number of amides is 1. The first-order valence-corrected chi connectivity index (χ1v) is 6.93. The van der Waals surface area contributed by atoms with Crippen LogP contribution < -0.4 is 11.1 Å². The highest BCUT2D eigenvalue weighted by Gasteiger charge is 2.15. The van der Waals surface area contributed by atoms with Crippen LogP contribution in [0.15, 0.2) is 5.38 Å². The Morgan fingerprint density at radius 1 is 1.61 bits per heavy atom. The van der Waals surface area contributed by atoms with E-state index in [1.54, 1.807) is 7.11 Å². The van der Waals surface area contributed by atoms with Gasteiger partial charge in [-0.1, -0.05) is 13.8 Å². The van der Waals surface area contributed by atoms with Gasteiger partial charge in [0.1, 0.15) is 0 Å². The van der Waals surface area contributed by atoms with Gasteiger partial charge in [0.2, 0.25) is 5.91 Å². The first-order chi connectivity index (χ1) is 8.54. The largest absolute Gasteiger partial charge is 0.385 e. The molecular formula is C12H21N3O2S. The van der Waals surface area contributed by atoms with E-state index < -0.39 is 6.04 Å². The quantitative estimate of drug-likeness (QED) is 0.743. The van der Waals surface area contributed by atoms with Crippen molar-refractivity contribution in [2.45, 2.75) is 38.6 Å². The molecule has 1 heterocycles. The number of methoxy groups -OCH3 is 1. The van der Waals surface area contributed by atoms with Crippen LogP contribution in [-0.2, 0) is 9.53 Å². The smallest absolute Gasteiger partial charge is 0.243 e. The summed E-state index contributed by atoms with van der Waals surface area (Å²) in [5.74, 6) is 0.179. The SMILES string of the molecule is COCCCC(N)C(=O)Nc1nc(C(C)C)cs1. The van der Waals surface area contributed by atoms with Crippen molar-refractivity contribution >= 4 is 22.4 Å². The van der Waals surface area contributed by atoms with Gasteiger partial charge in [-0.05, 0) is 18.8 Å². The summed E-state index contributed by atoms with van der Waals surface area (Å²) in [4.78, 5) is 16.1. The van der Waals surface area contributed by atoms with E-state index >= 15 is 0 Å². The summed E-state index contributed by atoms with van der Waals surface area (Å²) in [5.41, 5.74) is 6.77. The number of rotatable bonds is 7. The van der Waals surface area contributed by atoms with E-state index in [2.05, 4.69) is 24.1 Å². The maximum Gasteiger partial charge on any atom is 0.243 e. The number of aromatic nitrogens is 1. The van der Waals surface area contributed by atoms with Gasteiger partial charge in [-0.15, -0.1) is 11.3 Å². The average molecular weight is 271 g/mol. The molecule has 1 aromatic rings. The number of hydrogen-bond donors (Lipinski definition) is 2. The molecule has 0 saturated heterocycles. The number of carbonyl (C=O) groups excluding carboxylic acids is 1. The monoisotopic (exact) mass is 271 g/mol. The molecule has 0 aliphatic carbocycles. The van der Waals surface area contributed by atoms with E-state index in [1.807, 2.05) is 5.38 Å². The zero-order chi connectivity index (χ0) is 13.5. The topological polar surface area (TPSA) is 77.2 Å². The fourth-order valence-electron chi connectivity index (χ4n) is 1.39. The second kappa shape index (κ2) is 7.45. The van der Waals surface area contributed by atoms with Crippen LogP contribution in [-0.4, -0.2) is 30.6 Å². The molecule has 1 rings (SSSR count). The Hall–Kier alpha value is -0.980. The minimum atomic E-state index is -0.508. The molecule has 1 atom stereocenters. The minimum Gasteiger partial charge on any atom is -0.385 e. The molecule has 0 aliphatic heterocycles. The maximum atomic E-state index is 11.8. The Labute approximate surface area is 112 Å². The predicted octanol–water partition coefficient (Wildman–Crippen LogP) is 1.96. The zero-order valence-corrected chi connectivity index (χ0v) is 11.9. The standard InChI is InChI=1S/C12H21N3O2S/c1-8(2)10-7-18-12(14-10)15-11(16)9(13)5-4-6-17-3/h7-9H,4-6,13H2,1-3H3,(H,14,15,16). The lowest BCUT2D eigenvalue weighted by Crippen LogP contribution is -2.35. The van der Waals surface area contributed by atoms with E-state index in [0.717, 1.165) is 12.1 Å². The Morgan fingerprint density at radius 2 is 2.33 bits per heavy atom. The number of carbonyl (C=O) groups is 1. The van der Waals surface area contributed by atoms with Crippen molar-refractivity contribution in [1.29, 1.82) is 0 Å². The van der Waals surface area contributed by atoms with Gasteiger partial charge in [-0.3, -0.25) is 4.79 Å². The molecule has 5 nitrogen and oxygen atoms in total. The lowest BCUT2D eigenvalue weighted by Gasteiger charge is -2.10. The van der Waals surface area contributed by atoms with Crippen LogP contribution in [0.2, 0.25) is 0 Å². The molecule has 0 aliphatic rings. The minimum absolute atomic E-state index is 0.184. The number of nitrogens with zero attached hydrogens (tertiary/aromatic N) is 1. The predicted molar refractivity (Wildman–Crippen MR) is 73.9 cm³/mol. The van der Waals surface area contributed by atoms with Crippen LogP contribution in [0.25, 0.3) is 0 Å². The van der Waals surface area contributed by atoms with E-state index in [-0.39, 0.29) is 5.91 Å². The molecular weight excluding hydrogens is 250 g/mol. The molecule has 1 unspecified atom stereocenters. The third-order valence-corrected chi connectivity index (χ3v) is 3.32. The highest BCUT2D eigenvalue weighted by Crippen LogP contribution is 2.21. The van der Waals surface area contributed by atoms with E-state index in [1.165, 1.54) is 11.3 Å². The molecule has 3 N–H and O–H groups in total. The van der Waals surface area contributed by atoms with Gasteiger partial charge in [-0.2, -0.15) is 0 Å². The maximum absolute atomic E-state index is 11.8. The van der Waals surface area contributed by atoms with Crippen LogP contribution in [0.3, 0.4) is 0 Å². The normalized spacial score (nSPS) is 12.7. The molecule has 0 aromatic carbocycles. The first kappa shape index (κ1) is 15.1. The number of hydrogen-bond acceptors (Lipinski definition) is 5. The molecule has 6 heteroatoms. The number of ether oxygens (including phenoxy) is 1. The molecule has 102 valence electrons. The molecule has 1 amide bonds. The third-order valence-electron chi connectivity index (χ3n) is 2.54. The summed E-state index contributed by atoms with van der Waals surface area (Å²) in [7, 11) is 1.63. The summed E-state index contributed by atoms with van der Waals surface area (Å²) >= 11 is 1.43. The third kappa shape index (κ3) is 4.72. The highest BCUT2D eigenvalue weighted by atomic mass is 32.1. The van der Waals surface area contributed by atoms with E-state index in [0.29, 0.717) is 24.1 Å². The van der Waals surface area contributed by atoms with E-state index in [9.17, 15) is 4.79 Å². The average Bonchev–Trinajstić information content (AvgIpc) is 2.77. The summed E-state index contributed by atoms with van der Waals surface area (Å²) in [6.45, 7) is 4.75. The van der Waals surface area contributed by atoms with Gasteiger partial charge in [0.05, 0.1) is 11.7 Å². The fourth-order valence-corrected chi connectivity index (χ4v) is 2.26. The first-order valence-electron chi connectivity index (χ1n) is 6.05. The summed E-state index contributed by atoms with van der Waals surface area (Å²) < 4.78 is 4.92. The summed E-state index contributed by atoms with van der Waals surface area (Å²) in [5, 5.41) is 5.32. The van der Waals surface area contributed by atoms with Crippen molar-refractivity contribution in [1.82, 2.24) is 4.98 Å². The molecule has 1 aromatic heterocycles. The van der Waals surface area contributed by atoms with Gasteiger partial charge in [-0.25, -0.2) is 4.98 Å². The van der Waals surface area contributed by atoms with Crippen molar-refractivity contribution in [3.05, 3.63) is 11.1 Å². The number of nitrogens with two attached hydrogens (primary N) is 1. The number of thiazole rings is 1. The fraction of sp³-hybridized carbons (Fsp3) is 0.667. The van der Waals surface area contributed by atoms with Gasteiger partial charge < -0.3 is 15.8 Å². The lowest BCUT2D eigenvalue weighted by atomic mass is 10.1. The highest BCUT2D eigenvalue weighted by molar-refractivity contribution is 7.13. The summed E-state index contributed by atoms with van der Waals surface area (Å²) in [6, 6.07) is -0.508. The van der Waals surface area contributed by atoms with Crippen molar-refractivity contribution in [2.24, 2.45) is 5.73 Å². The Balaban J connectivity index is 2.42. The van der Waals surface area contributed by atoms with Crippen LogP contribution in [0.4, 0.5) is 5.13 Å². The van der Waals surface area contributed by atoms with Crippen LogP contribution in [0, 0.1) is 0 Å². The van der Waals surface area contributed by atoms with Crippen LogP contribution in [0.5, 0.6) is 0 Å². The molecule has 0 fully saturated rings. The number of nitrogens with one attached hydrogen (secondary N) is 1. The van der Waals surface area contributed by atoms with Crippen molar-refractivity contribution in [3.63, 3.8) is 0 Å². The zero-order valence-electron chi connectivity index (χ0n) is 11.1. The van der Waals surface area contributed by atoms with Gasteiger partial charge in [0.15, 0.2) is 5.13 Å². The Kier molecular flexibility index (Phi) is 6.24. The molecule has 0 radical (unpaired) electrons. The second-order valence-corrected chi connectivity index (χ2v) is 5.32. The number of anilines is 1. The van der Waals surface area contributed by atoms with Crippen molar-refractivity contribution in [2.75, 3.05) is 19.0 Å². The van der Waals surface area contributed by atoms with Crippen molar-refractivity contribution < 1.29 is 9.53 Å².